The third-order valence-electron chi connectivity index (χ3n) is 4.97. The molecule has 0 bridgehead atoms. The number of carbonyl (C=O) groups is 2. The highest BCUT2D eigenvalue weighted by Crippen LogP contribution is 2.26. The lowest BCUT2D eigenvalue weighted by molar-refractivity contribution is -0.119. The SMILES string of the molecule is Cc1ccc(S(=O)(=O)N(CC(=O)N/N=C\c2ccccc2C(=O)O)c2cc(C)cc(C)c2)cc1. The van der Waals surface area contributed by atoms with Crippen molar-refractivity contribution in [1.82, 2.24) is 5.43 Å². The number of amides is 1. The van der Waals surface area contributed by atoms with Crippen molar-refractivity contribution in [2.24, 2.45) is 5.10 Å². The predicted molar refractivity (Wildman–Crippen MR) is 131 cm³/mol. The summed E-state index contributed by atoms with van der Waals surface area (Å²) in [5, 5.41) is 13.1. The Labute approximate surface area is 198 Å². The molecule has 0 aliphatic carbocycles. The molecule has 3 aromatic rings. The molecular weight excluding hydrogens is 454 g/mol. The van der Waals surface area contributed by atoms with Gasteiger partial charge < -0.3 is 5.11 Å². The van der Waals surface area contributed by atoms with Crippen LogP contribution in [0.1, 0.15) is 32.6 Å². The summed E-state index contributed by atoms with van der Waals surface area (Å²) in [6, 6.07) is 17.9. The summed E-state index contributed by atoms with van der Waals surface area (Å²) < 4.78 is 28.0. The fourth-order valence-corrected chi connectivity index (χ4v) is 4.80. The molecule has 0 spiro atoms. The van der Waals surface area contributed by atoms with Crippen molar-refractivity contribution in [1.29, 1.82) is 0 Å². The number of hydrazone groups is 1. The number of sulfonamides is 1. The van der Waals surface area contributed by atoms with Gasteiger partial charge in [0.05, 0.1) is 22.4 Å². The minimum absolute atomic E-state index is 0.0271. The molecule has 0 heterocycles. The number of carboxylic acids is 1. The lowest BCUT2D eigenvalue weighted by Gasteiger charge is -2.24. The van der Waals surface area contributed by atoms with Crippen molar-refractivity contribution in [3.05, 3.63) is 94.5 Å². The Morgan fingerprint density at radius 1 is 0.941 bits per heavy atom. The predicted octanol–water partition coefficient (Wildman–Crippen LogP) is 3.66. The van der Waals surface area contributed by atoms with E-state index in [4.69, 9.17) is 0 Å². The van der Waals surface area contributed by atoms with Gasteiger partial charge in [0, 0.05) is 5.56 Å². The van der Waals surface area contributed by atoms with Gasteiger partial charge in [-0.1, -0.05) is 42.0 Å². The second kappa shape index (κ2) is 10.3. The van der Waals surface area contributed by atoms with Crippen molar-refractivity contribution in [2.75, 3.05) is 10.8 Å². The van der Waals surface area contributed by atoms with E-state index in [0.29, 0.717) is 11.3 Å². The van der Waals surface area contributed by atoms with E-state index < -0.39 is 28.4 Å². The molecular formula is C25H25N3O5S. The van der Waals surface area contributed by atoms with Gasteiger partial charge in [0.2, 0.25) is 0 Å². The molecule has 3 rings (SSSR count). The molecule has 0 unspecified atom stereocenters. The third kappa shape index (κ3) is 5.87. The zero-order valence-electron chi connectivity index (χ0n) is 19.0. The second-order valence-electron chi connectivity index (χ2n) is 7.86. The molecule has 3 aromatic carbocycles. The monoisotopic (exact) mass is 479 g/mol. The van der Waals surface area contributed by atoms with E-state index in [1.807, 2.05) is 26.8 Å². The quantitative estimate of drug-likeness (QED) is 0.378. The summed E-state index contributed by atoms with van der Waals surface area (Å²) in [4.78, 5) is 24.1. The van der Waals surface area contributed by atoms with Crippen LogP contribution in [0.4, 0.5) is 5.69 Å². The lowest BCUT2D eigenvalue weighted by Crippen LogP contribution is -2.39. The van der Waals surface area contributed by atoms with E-state index in [0.717, 1.165) is 21.0 Å². The molecule has 0 radical (unpaired) electrons. The standard InChI is InChI=1S/C25H25N3O5S/c1-17-8-10-22(11-9-17)34(32,33)28(21-13-18(2)12-19(3)14-21)16-24(29)27-26-15-20-6-4-5-7-23(20)25(30)31/h4-15H,16H2,1-3H3,(H,27,29)(H,30,31)/b26-15-. The Bertz CT molecular complexity index is 1330. The Hall–Kier alpha value is -3.98. The van der Waals surface area contributed by atoms with Gasteiger partial charge >= 0.3 is 5.97 Å². The van der Waals surface area contributed by atoms with E-state index in [1.165, 1.54) is 24.4 Å². The topological polar surface area (TPSA) is 116 Å². The van der Waals surface area contributed by atoms with E-state index in [2.05, 4.69) is 10.5 Å². The first-order valence-electron chi connectivity index (χ1n) is 10.4. The molecule has 8 nitrogen and oxygen atoms in total. The Balaban J connectivity index is 1.89. The van der Waals surface area contributed by atoms with Crippen LogP contribution in [0.2, 0.25) is 0 Å². The smallest absolute Gasteiger partial charge is 0.336 e. The van der Waals surface area contributed by atoms with Gasteiger partial charge in [-0.25, -0.2) is 18.6 Å². The number of aromatic carboxylic acids is 1. The summed E-state index contributed by atoms with van der Waals surface area (Å²) in [7, 11) is -4.05. The maximum Gasteiger partial charge on any atom is 0.336 e. The van der Waals surface area contributed by atoms with Crippen LogP contribution in [0.25, 0.3) is 0 Å². The number of hydrogen-bond acceptors (Lipinski definition) is 5. The summed E-state index contributed by atoms with van der Waals surface area (Å²) >= 11 is 0. The number of aryl methyl sites for hydroxylation is 3. The molecule has 0 aliphatic heterocycles. The molecule has 0 aliphatic rings. The summed E-state index contributed by atoms with van der Waals surface area (Å²) in [6.45, 7) is 5.03. The number of nitrogens with zero attached hydrogens (tertiary/aromatic N) is 2. The van der Waals surface area contributed by atoms with E-state index in [9.17, 15) is 23.1 Å². The highest BCUT2D eigenvalue weighted by atomic mass is 32.2. The summed E-state index contributed by atoms with van der Waals surface area (Å²) in [5.41, 5.74) is 5.58. The van der Waals surface area contributed by atoms with Gasteiger partial charge in [0.25, 0.3) is 15.9 Å². The van der Waals surface area contributed by atoms with Crippen molar-refractivity contribution >= 4 is 33.8 Å². The van der Waals surface area contributed by atoms with E-state index >= 15 is 0 Å². The van der Waals surface area contributed by atoms with E-state index in [1.54, 1.807) is 42.5 Å². The molecule has 0 saturated carbocycles. The first-order valence-corrected chi connectivity index (χ1v) is 11.8. The van der Waals surface area contributed by atoms with Crippen LogP contribution >= 0.6 is 0 Å². The second-order valence-corrected chi connectivity index (χ2v) is 9.72. The number of carbonyl (C=O) groups excluding carboxylic acids is 1. The normalized spacial score (nSPS) is 11.4. The van der Waals surface area contributed by atoms with Gasteiger partial charge in [0.15, 0.2) is 0 Å². The van der Waals surface area contributed by atoms with Crippen molar-refractivity contribution < 1.29 is 23.1 Å². The molecule has 1 amide bonds. The fourth-order valence-electron chi connectivity index (χ4n) is 3.39. The molecule has 34 heavy (non-hydrogen) atoms. The van der Waals surface area contributed by atoms with Gasteiger partial charge in [-0.2, -0.15) is 5.10 Å². The number of anilines is 1. The number of carboxylic acid groups (broad SMARTS) is 1. The zero-order chi connectivity index (χ0) is 24.9. The van der Waals surface area contributed by atoms with Crippen LogP contribution in [0.5, 0.6) is 0 Å². The van der Waals surface area contributed by atoms with Crippen molar-refractivity contribution in [2.45, 2.75) is 25.7 Å². The maximum absolute atomic E-state index is 13.5. The van der Waals surface area contributed by atoms with Crippen LogP contribution in [0.15, 0.2) is 76.7 Å². The number of hydrogen-bond donors (Lipinski definition) is 2. The molecule has 0 aromatic heterocycles. The van der Waals surface area contributed by atoms with Crippen LogP contribution in [-0.4, -0.2) is 38.2 Å². The first kappa shape index (κ1) is 24.7. The fraction of sp³-hybridized carbons (Fsp3) is 0.160. The Morgan fingerprint density at radius 3 is 2.18 bits per heavy atom. The highest BCUT2D eigenvalue weighted by Gasteiger charge is 2.27. The zero-order valence-corrected chi connectivity index (χ0v) is 19.8. The maximum atomic E-state index is 13.5. The average molecular weight is 480 g/mol. The molecule has 0 saturated heterocycles. The van der Waals surface area contributed by atoms with Gasteiger partial charge in [0.1, 0.15) is 6.54 Å². The van der Waals surface area contributed by atoms with Crippen LogP contribution < -0.4 is 9.73 Å². The molecule has 9 heteroatoms. The highest BCUT2D eigenvalue weighted by molar-refractivity contribution is 7.92. The molecule has 0 fully saturated rings. The molecule has 176 valence electrons. The van der Waals surface area contributed by atoms with Crippen LogP contribution in [-0.2, 0) is 14.8 Å². The molecule has 2 N–H and O–H groups in total. The van der Waals surface area contributed by atoms with Crippen molar-refractivity contribution in [3.63, 3.8) is 0 Å². The minimum Gasteiger partial charge on any atom is -0.478 e. The Kier molecular flexibility index (Phi) is 7.47. The van der Waals surface area contributed by atoms with Gasteiger partial charge in [-0.15, -0.1) is 0 Å². The van der Waals surface area contributed by atoms with Crippen molar-refractivity contribution in [3.8, 4) is 0 Å². The number of benzene rings is 3. The number of rotatable bonds is 8. The van der Waals surface area contributed by atoms with Crippen LogP contribution in [0.3, 0.4) is 0 Å². The average Bonchev–Trinajstić information content (AvgIpc) is 2.77. The summed E-state index contributed by atoms with van der Waals surface area (Å²) in [6.07, 6.45) is 1.21. The minimum atomic E-state index is -4.05. The largest absolute Gasteiger partial charge is 0.478 e. The number of nitrogens with one attached hydrogen (secondary N) is 1. The van der Waals surface area contributed by atoms with Gasteiger partial charge in [-0.05, 0) is 62.2 Å². The van der Waals surface area contributed by atoms with E-state index in [-0.39, 0.29) is 10.5 Å². The third-order valence-corrected chi connectivity index (χ3v) is 6.76. The van der Waals surface area contributed by atoms with Crippen LogP contribution in [0, 0.1) is 20.8 Å². The summed E-state index contributed by atoms with van der Waals surface area (Å²) in [5.74, 6) is -1.81. The lowest BCUT2D eigenvalue weighted by atomic mass is 10.1. The Morgan fingerprint density at radius 2 is 1.56 bits per heavy atom. The van der Waals surface area contributed by atoms with Gasteiger partial charge in [-0.3, -0.25) is 9.10 Å². The molecule has 0 atom stereocenters. The first-order chi connectivity index (χ1) is 16.1.